The predicted molar refractivity (Wildman–Crippen MR) is 163 cm³/mol. The summed E-state index contributed by atoms with van der Waals surface area (Å²) in [5.74, 6) is -1.29. The lowest BCUT2D eigenvalue weighted by atomic mass is 10.1. The highest BCUT2D eigenvalue weighted by Crippen LogP contribution is 2.21. The summed E-state index contributed by atoms with van der Waals surface area (Å²) in [6.45, 7) is 0. The van der Waals surface area contributed by atoms with E-state index in [1.165, 1.54) is 19.1 Å². The van der Waals surface area contributed by atoms with E-state index in [1.54, 1.807) is 79.7 Å². The molecule has 0 radical (unpaired) electrons. The molecule has 0 atom stereocenters. The van der Waals surface area contributed by atoms with Crippen LogP contribution >= 0.6 is 0 Å². The SMILES string of the molecule is COC(=O)c1ccc(C=Cc2ccc(N(C)C(=O)c3ccc(N(C)C(=O)c4ccc(C(=O)OC)cc4)cc3)cc2)cc1. The molecule has 4 aromatic rings. The van der Waals surface area contributed by atoms with Crippen molar-refractivity contribution in [3.8, 4) is 0 Å². The molecule has 0 unspecified atom stereocenters. The third-order valence-corrected chi connectivity index (χ3v) is 6.74. The van der Waals surface area contributed by atoms with E-state index >= 15 is 0 Å². The number of hydrogen-bond acceptors (Lipinski definition) is 6. The van der Waals surface area contributed by atoms with Crippen LogP contribution in [0.1, 0.15) is 52.6 Å². The molecule has 0 aliphatic carbocycles. The van der Waals surface area contributed by atoms with Gasteiger partial charge in [-0.15, -0.1) is 0 Å². The number of carbonyl (C=O) groups is 4. The van der Waals surface area contributed by atoms with Gasteiger partial charge in [0.2, 0.25) is 0 Å². The zero-order chi connectivity index (χ0) is 30.2. The molecule has 2 amide bonds. The standard InChI is InChI=1S/C34H30N2O6/c1-35(29-19-9-24(10-20-29)6-5-23-7-11-27(12-8-23)33(39)41-3)32(38)26-17-21-30(22-18-26)36(2)31(37)25-13-15-28(16-14-25)34(40)42-4/h5-22H,1-4H3. The molecule has 4 aromatic carbocycles. The Kier molecular flexibility index (Phi) is 9.29. The normalized spacial score (nSPS) is 10.7. The lowest BCUT2D eigenvalue weighted by molar-refractivity contribution is 0.0592. The van der Waals surface area contributed by atoms with Gasteiger partial charge in [-0.3, -0.25) is 9.59 Å². The fourth-order valence-electron chi connectivity index (χ4n) is 4.17. The smallest absolute Gasteiger partial charge is 0.337 e. The predicted octanol–water partition coefficient (Wildman–Crippen LogP) is 5.98. The molecule has 0 bridgehead atoms. The summed E-state index contributed by atoms with van der Waals surface area (Å²) in [4.78, 5) is 52.3. The van der Waals surface area contributed by atoms with E-state index in [9.17, 15) is 19.2 Å². The first-order chi connectivity index (χ1) is 20.2. The van der Waals surface area contributed by atoms with Gasteiger partial charge in [-0.1, -0.05) is 36.4 Å². The van der Waals surface area contributed by atoms with Crippen molar-refractivity contribution in [3.05, 3.63) is 130 Å². The molecule has 0 aliphatic heterocycles. The Morgan fingerprint density at radius 3 is 1.14 bits per heavy atom. The molecule has 42 heavy (non-hydrogen) atoms. The van der Waals surface area contributed by atoms with Crippen LogP contribution in [0.4, 0.5) is 11.4 Å². The van der Waals surface area contributed by atoms with Gasteiger partial charge >= 0.3 is 11.9 Å². The Morgan fingerprint density at radius 2 is 0.762 bits per heavy atom. The fourth-order valence-corrected chi connectivity index (χ4v) is 4.17. The zero-order valence-corrected chi connectivity index (χ0v) is 23.7. The Morgan fingerprint density at radius 1 is 0.476 bits per heavy atom. The molecule has 8 heteroatoms. The van der Waals surface area contributed by atoms with Crippen LogP contribution in [-0.4, -0.2) is 52.1 Å². The van der Waals surface area contributed by atoms with Crippen LogP contribution < -0.4 is 9.80 Å². The third-order valence-electron chi connectivity index (χ3n) is 6.74. The van der Waals surface area contributed by atoms with Gasteiger partial charge < -0.3 is 19.3 Å². The van der Waals surface area contributed by atoms with E-state index in [1.807, 2.05) is 48.6 Å². The highest BCUT2D eigenvalue weighted by atomic mass is 16.5. The average Bonchev–Trinajstić information content (AvgIpc) is 3.05. The lowest BCUT2D eigenvalue weighted by Crippen LogP contribution is -2.27. The van der Waals surface area contributed by atoms with Crippen molar-refractivity contribution >= 4 is 47.3 Å². The maximum absolute atomic E-state index is 13.1. The average molecular weight is 563 g/mol. The molecule has 0 spiro atoms. The van der Waals surface area contributed by atoms with E-state index in [2.05, 4.69) is 0 Å². The van der Waals surface area contributed by atoms with Crippen molar-refractivity contribution in [1.82, 2.24) is 0 Å². The summed E-state index contributed by atoms with van der Waals surface area (Å²) in [5, 5.41) is 0. The van der Waals surface area contributed by atoms with Gasteiger partial charge in [0.05, 0.1) is 25.3 Å². The highest BCUT2D eigenvalue weighted by molar-refractivity contribution is 6.08. The van der Waals surface area contributed by atoms with E-state index in [0.29, 0.717) is 27.9 Å². The third kappa shape index (κ3) is 6.79. The van der Waals surface area contributed by atoms with Crippen LogP contribution in [0.2, 0.25) is 0 Å². The first kappa shape index (κ1) is 29.5. The van der Waals surface area contributed by atoms with Gasteiger partial charge in [0.1, 0.15) is 0 Å². The molecular weight excluding hydrogens is 532 g/mol. The number of carbonyl (C=O) groups excluding carboxylic acids is 4. The Balaban J connectivity index is 1.38. The summed E-state index contributed by atoms with van der Waals surface area (Å²) in [5.41, 5.74) is 4.98. The van der Waals surface area contributed by atoms with Crippen molar-refractivity contribution in [1.29, 1.82) is 0 Å². The number of hydrogen-bond donors (Lipinski definition) is 0. The molecule has 0 aliphatic rings. The highest BCUT2D eigenvalue weighted by Gasteiger charge is 2.17. The van der Waals surface area contributed by atoms with Crippen LogP contribution in [0.3, 0.4) is 0 Å². The molecule has 0 aromatic heterocycles. The summed E-state index contributed by atoms with van der Waals surface area (Å²) in [7, 11) is 6.00. The maximum Gasteiger partial charge on any atom is 0.337 e. The number of nitrogens with zero attached hydrogens (tertiary/aromatic N) is 2. The first-order valence-corrected chi connectivity index (χ1v) is 13.0. The largest absolute Gasteiger partial charge is 0.465 e. The summed E-state index contributed by atoms with van der Waals surface area (Å²) < 4.78 is 9.41. The van der Waals surface area contributed by atoms with Gasteiger partial charge in [0.15, 0.2) is 0 Å². The van der Waals surface area contributed by atoms with Crippen LogP contribution in [0.15, 0.2) is 97.1 Å². The van der Waals surface area contributed by atoms with Crippen molar-refractivity contribution < 1.29 is 28.7 Å². The monoisotopic (exact) mass is 562 g/mol. The number of esters is 2. The quantitative estimate of drug-likeness (QED) is 0.194. The zero-order valence-electron chi connectivity index (χ0n) is 23.7. The van der Waals surface area contributed by atoms with E-state index < -0.39 is 5.97 Å². The molecule has 0 saturated carbocycles. The van der Waals surface area contributed by atoms with Crippen molar-refractivity contribution in [2.45, 2.75) is 0 Å². The van der Waals surface area contributed by atoms with Crippen molar-refractivity contribution in [2.24, 2.45) is 0 Å². The second kappa shape index (κ2) is 13.2. The van der Waals surface area contributed by atoms with Gasteiger partial charge in [-0.25, -0.2) is 9.59 Å². The second-order valence-electron chi connectivity index (χ2n) is 9.38. The lowest BCUT2D eigenvalue weighted by Gasteiger charge is -2.20. The van der Waals surface area contributed by atoms with Crippen LogP contribution in [0.5, 0.6) is 0 Å². The van der Waals surface area contributed by atoms with Crippen LogP contribution in [0.25, 0.3) is 12.2 Å². The van der Waals surface area contributed by atoms with E-state index in [4.69, 9.17) is 9.47 Å². The topological polar surface area (TPSA) is 93.2 Å². The van der Waals surface area contributed by atoms with Crippen LogP contribution in [-0.2, 0) is 9.47 Å². The molecule has 8 nitrogen and oxygen atoms in total. The summed E-state index contributed by atoms with van der Waals surface area (Å²) in [6, 6.07) is 27.7. The minimum atomic E-state index is -0.471. The number of ether oxygens (including phenoxy) is 2. The number of anilines is 2. The minimum Gasteiger partial charge on any atom is -0.465 e. The maximum atomic E-state index is 13.1. The Hall–Kier alpha value is -5.50. The van der Waals surface area contributed by atoms with Gasteiger partial charge in [0.25, 0.3) is 11.8 Å². The minimum absolute atomic E-state index is 0.192. The van der Waals surface area contributed by atoms with Gasteiger partial charge in [-0.2, -0.15) is 0 Å². The van der Waals surface area contributed by atoms with E-state index in [0.717, 1.165) is 16.8 Å². The van der Waals surface area contributed by atoms with Crippen molar-refractivity contribution in [3.63, 3.8) is 0 Å². The number of benzene rings is 4. The first-order valence-electron chi connectivity index (χ1n) is 13.0. The Labute approximate surface area is 244 Å². The van der Waals surface area contributed by atoms with Gasteiger partial charge in [-0.05, 0) is 83.9 Å². The number of methoxy groups -OCH3 is 2. The molecule has 0 fully saturated rings. The Bertz CT molecular complexity index is 1610. The summed E-state index contributed by atoms with van der Waals surface area (Å²) >= 11 is 0. The molecular formula is C34H30N2O6. The van der Waals surface area contributed by atoms with Gasteiger partial charge in [0, 0.05) is 36.6 Å². The molecule has 0 heterocycles. The number of amides is 2. The van der Waals surface area contributed by atoms with Crippen LogP contribution in [0, 0.1) is 0 Å². The van der Waals surface area contributed by atoms with E-state index in [-0.39, 0.29) is 17.8 Å². The molecule has 4 rings (SSSR count). The second-order valence-corrected chi connectivity index (χ2v) is 9.38. The van der Waals surface area contributed by atoms with Crippen molar-refractivity contribution in [2.75, 3.05) is 38.1 Å². The number of rotatable bonds is 8. The fraction of sp³-hybridized carbons (Fsp3) is 0.118. The summed E-state index contributed by atoms with van der Waals surface area (Å²) in [6.07, 6.45) is 3.88. The molecule has 0 saturated heterocycles. The molecule has 212 valence electrons. The molecule has 0 N–H and O–H groups in total.